The van der Waals surface area contributed by atoms with Crippen LogP contribution >= 0.6 is 39.1 Å². The van der Waals surface area contributed by atoms with E-state index in [1.54, 1.807) is 0 Å². The van der Waals surface area contributed by atoms with Crippen LogP contribution in [-0.2, 0) is 96.5 Å². The van der Waals surface area contributed by atoms with Crippen molar-refractivity contribution in [2.75, 3.05) is 68.3 Å². The zero-order chi connectivity index (χ0) is 84.5. The molecule has 6 aliphatic heterocycles. The molecule has 6 saturated heterocycles. The van der Waals surface area contributed by atoms with E-state index in [0.717, 1.165) is 38.9 Å². The fourth-order valence-electron chi connectivity index (χ4n) is 13.8. The first kappa shape index (κ1) is 84.9. The van der Waals surface area contributed by atoms with Gasteiger partial charge >= 0.3 is 56.2 Å². The number of nitrogens with zero attached hydrogens (tertiary/aromatic N) is 15. The zero-order valence-corrected chi connectivity index (χ0v) is 65.0. The largest absolute Gasteiger partial charge is 0.472 e. The molecule has 9 aromatic rings. The number of hydrogen-bond acceptors (Lipinski definition) is 43. The minimum atomic E-state index is -5.63. The van der Waals surface area contributed by atoms with Gasteiger partial charge in [0.05, 0.1) is 70.8 Å². The van der Waals surface area contributed by atoms with Crippen molar-refractivity contribution < 1.29 is 131 Å². The molecule has 0 aromatic carbocycles. The van der Waals surface area contributed by atoms with Gasteiger partial charge in [0.15, 0.2) is 33.8 Å². The third kappa shape index (κ3) is 19.0. The number of aromatic nitrogens is 18. The van der Waals surface area contributed by atoms with Crippen LogP contribution in [0.5, 0.6) is 0 Å². The van der Waals surface area contributed by atoms with Gasteiger partial charge in [0.1, 0.15) is 128 Å². The van der Waals surface area contributed by atoms with Gasteiger partial charge in [-0.1, -0.05) is 0 Å². The highest BCUT2D eigenvalue weighted by Crippen LogP contribution is 2.56. The third-order valence-electron chi connectivity index (χ3n) is 19.3. The number of H-pyrrole nitrogens is 3. The molecule has 57 nitrogen and oxygen atoms in total. The molecule has 5 unspecified atom stereocenters. The van der Waals surface area contributed by atoms with Gasteiger partial charge in [-0.2, -0.15) is 19.9 Å². The topological polar surface area (TPSA) is 800 Å². The van der Waals surface area contributed by atoms with E-state index in [9.17, 15) is 86.3 Å². The SMILES string of the molecule is Nc1ccn([C@H]2C[C@H](OP(=O)(O)OC[C@H]3O[C@@H](n4cnc5c(=O)[nH]c(N)nc54)C[C@@H]3OP(=O)(O)OC[C@H]3O[C@@H](n4cnc5c(N)ncnc54)C[C@@H]3OP(=O)(O)OC[C@H]3O[C@@H](n4c[c]c(=O)[nH]c4=O)C[C@@H]3OP(=O)(O)OC[C@H]3O[C@@H](n4cnc5c(=O)[nH]c(N)nc54)C[C@@H]3OP(=O)(O)OC[C@H]3O[C@@H](n4ccc(N)nc4=O)C[C@@H]3O)[C@@H](CO)O2)c(=O)n1. The number of anilines is 5. The third-order valence-corrected chi connectivity index (χ3v) is 24.3. The van der Waals surface area contributed by atoms with E-state index in [-0.39, 0.29) is 75.7 Å². The van der Waals surface area contributed by atoms with Gasteiger partial charge in [-0.3, -0.25) is 102 Å². The number of nitrogens with two attached hydrogens (primary N) is 5. The normalized spacial score (nSPS) is 29.8. The molecule has 1 radical (unpaired) electrons. The summed E-state index contributed by atoms with van der Waals surface area (Å²) in [5.74, 6) is -1.04. The fraction of sp³-hybridized carbons (Fsp3) is 0.526. The van der Waals surface area contributed by atoms with Crippen LogP contribution in [0, 0.1) is 6.07 Å². The highest BCUT2D eigenvalue weighted by atomic mass is 31.2. The minimum absolute atomic E-state index is 0.0420. The molecule has 6 fully saturated rings. The molecule has 15 rings (SSSR count). The van der Waals surface area contributed by atoms with Crippen LogP contribution in [0.2, 0.25) is 0 Å². The van der Waals surface area contributed by atoms with E-state index in [2.05, 4.69) is 60.9 Å². The van der Waals surface area contributed by atoms with Crippen molar-refractivity contribution >= 4 is 102 Å². The Balaban J connectivity index is 0.637. The van der Waals surface area contributed by atoms with Crippen molar-refractivity contribution in [1.29, 1.82) is 0 Å². The second kappa shape index (κ2) is 33.7. The molecule has 23 atom stereocenters. The zero-order valence-electron chi connectivity index (χ0n) is 60.6. The maximum atomic E-state index is 14.5. The first-order chi connectivity index (χ1) is 56.4. The number of fused-ring (bicyclic) bond motifs is 3. The minimum Gasteiger partial charge on any atom is -0.394 e. The molecular formula is C57H71N23O34P5. The monoisotopic (exact) mass is 1780 g/mol. The predicted octanol–water partition coefficient (Wildman–Crippen LogP) is -3.54. The Morgan fingerprint density at radius 3 is 1.17 bits per heavy atom. The number of rotatable bonds is 32. The van der Waals surface area contributed by atoms with Gasteiger partial charge < -0.3 is 91.8 Å². The number of aliphatic hydroxyl groups is 2. The van der Waals surface area contributed by atoms with Crippen LogP contribution in [0.3, 0.4) is 0 Å². The number of nitrogens with one attached hydrogen (secondary N) is 3. The Morgan fingerprint density at radius 1 is 0.429 bits per heavy atom. The van der Waals surface area contributed by atoms with Crippen LogP contribution in [0.1, 0.15) is 75.9 Å². The fourth-order valence-corrected chi connectivity index (χ4v) is 18.6. The molecule has 6 aliphatic rings. The predicted molar refractivity (Wildman–Crippen MR) is 388 cm³/mol. The lowest BCUT2D eigenvalue weighted by molar-refractivity contribution is -0.0646. The van der Waals surface area contributed by atoms with Crippen LogP contribution in [0.15, 0.2) is 84.8 Å². The van der Waals surface area contributed by atoms with Gasteiger partial charge in [-0.15, -0.1) is 0 Å². The quantitative estimate of drug-likeness (QED) is 0.0182. The molecule has 0 saturated carbocycles. The van der Waals surface area contributed by atoms with Gasteiger partial charge in [-0.05, 0) is 12.1 Å². The van der Waals surface area contributed by atoms with Gasteiger partial charge in [0, 0.05) is 57.1 Å². The summed E-state index contributed by atoms with van der Waals surface area (Å²) in [4.78, 5) is 176. The van der Waals surface area contributed by atoms with Crippen molar-refractivity contribution in [3.63, 3.8) is 0 Å². The Hall–Kier alpha value is -9.08. The van der Waals surface area contributed by atoms with E-state index in [0.29, 0.717) is 0 Å². The summed E-state index contributed by atoms with van der Waals surface area (Å²) in [6.45, 7) is -5.92. The van der Waals surface area contributed by atoms with Gasteiger partial charge in [-0.25, -0.2) is 62.1 Å². The summed E-state index contributed by atoms with van der Waals surface area (Å²) >= 11 is 0. The van der Waals surface area contributed by atoms with Crippen molar-refractivity contribution in [3.8, 4) is 0 Å². The van der Waals surface area contributed by atoms with E-state index in [4.69, 9.17) is 102 Å². The molecule has 62 heteroatoms. The maximum Gasteiger partial charge on any atom is 0.472 e. The number of aromatic amines is 3. The lowest BCUT2D eigenvalue weighted by Gasteiger charge is -2.26. The van der Waals surface area contributed by atoms with Crippen LogP contribution < -0.4 is 62.4 Å². The van der Waals surface area contributed by atoms with Gasteiger partial charge in [0.2, 0.25) is 11.9 Å². The molecule has 9 aromatic heterocycles. The highest BCUT2D eigenvalue weighted by Gasteiger charge is 2.52. The molecule has 0 aliphatic carbocycles. The summed E-state index contributed by atoms with van der Waals surface area (Å²) in [6.07, 6.45) is -21.9. The number of ether oxygens (including phenoxy) is 6. The Morgan fingerprint density at radius 2 is 0.773 bits per heavy atom. The number of hydrogen-bond donors (Lipinski definition) is 15. The van der Waals surface area contributed by atoms with Gasteiger partial charge in [0.25, 0.3) is 16.7 Å². The van der Waals surface area contributed by atoms with E-state index in [1.165, 1.54) is 44.6 Å². The molecule has 20 N–H and O–H groups in total. The van der Waals surface area contributed by atoms with E-state index < -0.39 is 249 Å². The molecule has 0 spiro atoms. The molecule has 0 amide bonds. The summed E-state index contributed by atoms with van der Waals surface area (Å²) in [5, 5.41) is 21.0. The van der Waals surface area contributed by atoms with E-state index >= 15 is 0 Å². The standard InChI is InChI=1S/C57H71N23O34P5/c58-35-1-4-75(55(86)68-35)38-7-23(82)30(105-38)14-99-115(89,90)112-27-11-42(79-21-66-45-49(79)71-53(61)73-51(45)84)109-34(27)18-103-117(93,94)111-25-9-40(77-6-3-37(83)70-57(77)88)106-31(25)15-101-118(95,96)113-26-10-41(78-20-65-44-47(60)63-19-64-48(44)78)107-32(26)16-102-119(97,98)114-28-12-43(80-22-67-46-50(80)72-54(62)74-52(46)85)108-33(28)17-100-116(91,92)110-24-8-39(104-29(24)13-81)76-5-2-36(59)69-56(76)87/h1-2,4-6,19-34,38-43,81-82H,7-18H2,(H,89,90)(H,91,92)(H,93,94)(H,95,96)(H,97,98)(H2,58,68,86)(H2,59,69,87)(H2,60,63,64)(H,70,83,88)(H3,61,71,73,84)(H3,62,72,74,85)/t23-,24-,25-,26-,27-,28-,29+,30+,31+,32+,33+,34+,38+,39+,40+,41+,42+,43+/m0/s1. The molecule has 15 heterocycles. The molecule has 119 heavy (non-hydrogen) atoms. The number of nitrogen functional groups attached to an aromatic ring is 5. The second-order valence-electron chi connectivity index (χ2n) is 27.1. The van der Waals surface area contributed by atoms with Crippen LogP contribution in [0.25, 0.3) is 33.5 Å². The first-order valence-electron chi connectivity index (χ1n) is 35.2. The molecule has 643 valence electrons. The Bertz CT molecular complexity index is 5950. The average molecular weight is 1780 g/mol. The summed E-state index contributed by atoms with van der Waals surface area (Å²) in [6, 6.07) is 4.79. The maximum absolute atomic E-state index is 14.5. The van der Waals surface area contributed by atoms with E-state index in [1.807, 2.05) is 4.98 Å². The summed E-state index contributed by atoms with van der Waals surface area (Å²) in [5.41, 5.74) is 22.9. The highest BCUT2D eigenvalue weighted by molar-refractivity contribution is 7.48. The Labute approximate surface area is 660 Å². The number of phosphoric ester groups is 5. The number of aliphatic hydroxyl groups excluding tert-OH is 2. The lowest BCUT2D eigenvalue weighted by atomic mass is 10.2. The Kier molecular flexibility index (Phi) is 24.1. The molecule has 0 bridgehead atoms. The number of imidazole rings is 3. The van der Waals surface area contributed by atoms with Crippen molar-refractivity contribution in [2.45, 2.75) is 149 Å². The average Bonchev–Trinajstić information content (AvgIpc) is 1.63. The van der Waals surface area contributed by atoms with Crippen LogP contribution in [0.4, 0.5) is 29.4 Å². The molecular weight excluding hydrogens is 1710 g/mol. The summed E-state index contributed by atoms with van der Waals surface area (Å²) < 4.78 is 168. The smallest absolute Gasteiger partial charge is 0.394 e. The second-order valence-corrected chi connectivity index (χ2v) is 34.2. The van der Waals surface area contributed by atoms with Crippen molar-refractivity contribution in [2.24, 2.45) is 0 Å². The van der Waals surface area contributed by atoms with Crippen LogP contribution in [-0.4, -0.2) is 235 Å². The number of phosphoric acid groups is 5. The first-order valence-corrected chi connectivity index (χ1v) is 42.7. The van der Waals surface area contributed by atoms with Crippen molar-refractivity contribution in [1.82, 2.24) is 87.2 Å². The lowest BCUT2D eigenvalue weighted by Crippen LogP contribution is -2.32. The van der Waals surface area contributed by atoms with Crippen molar-refractivity contribution in [3.05, 3.63) is 125 Å². The summed E-state index contributed by atoms with van der Waals surface area (Å²) in [7, 11) is -27.4.